The molecule has 1 N–H and O–H groups in total. The first-order valence-electron chi connectivity index (χ1n) is 6.65. The van der Waals surface area contributed by atoms with Gasteiger partial charge in [-0.25, -0.2) is 0 Å². The third-order valence-electron chi connectivity index (χ3n) is 3.50. The highest BCUT2D eigenvalue weighted by Gasteiger charge is 2.26. The fraction of sp³-hybridized carbons (Fsp3) is 0. The van der Waals surface area contributed by atoms with E-state index in [1.165, 1.54) is 0 Å². The van der Waals surface area contributed by atoms with E-state index in [2.05, 4.69) is 11.2 Å². The van der Waals surface area contributed by atoms with Crippen LogP contribution in [-0.2, 0) is 0 Å². The summed E-state index contributed by atoms with van der Waals surface area (Å²) >= 11 is 5.91. The molecule has 22 heavy (non-hydrogen) atoms. The van der Waals surface area contributed by atoms with E-state index < -0.39 is 0 Å². The molecule has 0 unspecified atom stereocenters. The van der Waals surface area contributed by atoms with Gasteiger partial charge < -0.3 is 5.21 Å². The number of halogens is 1. The number of nitrogens with zero attached hydrogens (tertiary/aromatic N) is 2. The summed E-state index contributed by atoms with van der Waals surface area (Å²) in [7, 11) is 0. The molecule has 1 aliphatic rings. The summed E-state index contributed by atoms with van der Waals surface area (Å²) < 4.78 is 0. The number of nitriles is 1. The highest BCUT2D eigenvalue weighted by molar-refractivity contribution is 6.40. The first-order valence-corrected chi connectivity index (χ1v) is 7.02. The lowest BCUT2D eigenvalue weighted by Crippen LogP contribution is -2.01. The number of rotatable bonds is 2. The van der Waals surface area contributed by atoms with Gasteiger partial charge in [0.05, 0.1) is 5.57 Å². The van der Waals surface area contributed by atoms with Gasteiger partial charge in [0.1, 0.15) is 11.8 Å². The van der Waals surface area contributed by atoms with Gasteiger partial charge in [0.2, 0.25) is 0 Å². The minimum atomic E-state index is 0.281. The van der Waals surface area contributed by atoms with Gasteiger partial charge in [0.15, 0.2) is 0 Å². The molecule has 0 amide bonds. The van der Waals surface area contributed by atoms with Crippen LogP contribution in [0.4, 0.5) is 0 Å². The maximum absolute atomic E-state index is 9.45. The average molecular weight is 307 g/mol. The summed E-state index contributed by atoms with van der Waals surface area (Å²) in [4.78, 5) is 0. The monoisotopic (exact) mass is 306 g/mol. The van der Waals surface area contributed by atoms with Gasteiger partial charge in [-0.1, -0.05) is 59.2 Å². The summed E-state index contributed by atoms with van der Waals surface area (Å²) in [5.41, 5.74) is 3.85. The standard InChI is InChI=1S/C18H11ClN2O/c19-14-8-6-13(7-9-14)16-10-15(12-4-2-1-3-5-12)17(11-20)18(16)21-22/h1-10,22H. The lowest BCUT2D eigenvalue weighted by molar-refractivity contribution is 0.320. The molecule has 0 heterocycles. The van der Waals surface area contributed by atoms with Crippen LogP contribution in [0.5, 0.6) is 0 Å². The first kappa shape index (κ1) is 14.1. The number of allylic oxidation sites excluding steroid dienone is 4. The van der Waals surface area contributed by atoms with Crippen molar-refractivity contribution in [3.05, 3.63) is 82.4 Å². The number of hydrogen-bond acceptors (Lipinski definition) is 3. The van der Waals surface area contributed by atoms with E-state index in [-0.39, 0.29) is 5.71 Å². The Kier molecular flexibility index (Phi) is 3.78. The molecule has 0 saturated carbocycles. The quantitative estimate of drug-likeness (QED) is 0.654. The Morgan fingerprint density at radius 1 is 0.955 bits per heavy atom. The summed E-state index contributed by atoms with van der Waals surface area (Å²) in [6.07, 6.45) is 1.87. The second-order valence-corrected chi connectivity index (χ2v) is 5.22. The molecule has 0 bridgehead atoms. The van der Waals surface area contributed by atoms with Gasteiger partial charge in [-0.05, 0) is 29.3 Å². The van der Waals surface area contributed by atoms with Crippen LogP contribution in [0, 0.1) is 11.3 Å². The highest BCUT2D eigenvalue weighted by atomic mass is 35.5. The molecule has 0 radical (unpaired) electrons. The molecule has 0 aromatic heterocycles. The Morgan fingerprint density at radius 2 is 1.64 bits per heavy atom. The second kappa shape index (κ2) is 5.88. The summed E-state index contributed by atoms with van der Waals surface area (Å²) in [6.45, 7) is 0. The maximum atomic E-state index is 9.45. The first-order chi connectivity index (χ1) is 10.7. The predicted octanol–water partition coefficient (Wildman–Crippen LogP) is 4.54. The van der Waals surface area contributed by atoms with Crippen LogP contribution < -0.4 is 0 Å². The van der Waals surface area contributed by atoms with Crippen molar-refractivity contribution in [2.75, 3.05) is 0 Å². The van der Waals surface area contributed by atoms with Crippen LogP contribution in [0.2, 0.25) is 5.02 Å². The molecule has 0 aliphatic heterocycles. The zero-order valence-electron chi connectivity index (χ0n) is 11.5. The third kappa shape index (κ3) is 2.41. The fourth-order valence-corrected chi connectivity index (χ4v) is 2.59. The van der Waals surface area contributed by atoms with Crippen molar-refractivity contribution in [3.8, 4) is 6.07 Å². The minimum absolute atomic E-state index is 0.281. The Labute approximate surface area is 133 Å². The van der Waals surface area contributed by atoms with Gasteiger partial charge >= 0.3 is 0 Å². The highest BCUT2D eigenvalue weighted by Crippen LogP contribution is 2.35. The maximum Gasteiger partial charge on any atom is 0.128 e. The minimum Gasteiger partial charge on any atom is -0.410 e. The Hall–Kier alpha value is -2.83. The molecule has 0 saturated heterocycles. The van der Waals surface area contributed by atoms with Gasteiger partial charge in [-0.2, -0.15) is 5.26 Å². The second-order valence-electron chi connectivity index (χ2n) is 4.78. The summed E-state index contributed by atoms with van der Waals surface area (Å²) in [5, 5.41) is 22.8. The smallest absolute Gasteiger partial charge is 0.128 e. The van der Waals surface area contributed by atoms with Crippen molar-refractivity contribution in [1.82, 2.24) is 0 Å². The lowest BCUT2D eigenvalue weighted by Gasteiger charge is -2.03. The fourth-order valence-electron chi connectivity index (χ4n) is 2.46. The van der Waals surface area contributed by atoms with E-state index >= 15 is 0 Å². The Bertz CT molecular complexity index is 841. The summed E-state index contributed by atoms with van der Waals surface area (Å²) in [5.74, 6) is 0. The van der Waals surface area contributed by atoms with E-state index in [1.54, 1.807) is 12.1 Å². The van der Waals surface area contributed by atoms with E-state index in [9.17, 15) is 10.5 Å². The van der Waals surface area contributed by atoms with Crippen LogP contribution >= 0.6 is 11.6 Å². The molecule has 3 rings (SSSR count). The molecule has 2 aromatic rings. The zero-order chi connectivity index (χ0) is 15.5. The van der Waals surface area contributed by atoms with E-state index in [4.69, 9.17) is 11.6 Å². The van der Waals surface area contributed by atoms with E-state index in [1.807, 2.05) is 48.5 Å². The van der Waals surface area contributed by atoms with Crippen molar-refractivity contribution in [3.63, 3.8) is 0 Å². The van der Waals surface area contributed by atoms with E-state index in [0.29, 0.717) is 16.2 Å². The molecular formula is C18H11ClN2O. The van der Waals surface area contributed by atoms with Gasteiger partial charge in [0, 0.05) is 16.2 Å². The molecule has 106 valence electrons. The zero-order valence-corrected chi connectivity index (χ0v) is 12.2. The average Bonchev–Trinajstić information content (AvgIpc) is 2.95. The van der Waals surface area contributed by atoms with Crippen LogP contribution in [0.15, 0.2) is 71.4 Å². The molecule has 3 nitrogen and oxygen atoms in total. The van der Waals surface area contributed by atoms with Crippen molar-refractivity contribution in [1.29, 1.82) is 5.26 Å². The van der Waals surface area contributed by atoms with Crippen molar-refractivity contribution < 1.29 is 5.21 Å². The Balaban J connectivity index is 2.15. The molecule has 0 atom stereocenters. The number of oxime groups is 1. The largest absolute Gasteiger partial charge is 0.410 e. The van der Waals surface area contributed by atoms with Crippen LogP contribution in [-0.4, -0.2) is 10.9 Å². The molecule has 1 aliphatic carbocycles. The molecule has 2 aromatic carbocycles. The molecular weight excluding hydrogens is 296 g/mol. The number of benzene rings is 2. The lowest BCUT2D eigenvalue weighted by atomic mass is 10.0. The SMILES string of the molecule is N#CC1=C(c2ccccc2)C=C(c2ccc(Cl)cc2)C1=NO. The van der Waals surface area contributed by atoms with Gasteiger partial charge in [-0.15, -0.1) is 0 Å². The molecule has 0 fully saturated rings. The number of hydrogen-bond donors (Lipinski definition) is 1. The van der Waals surface area contributed by atoms with Crippen molar-refractivity contribution in [2.24, 2.45) is 5.16 Å². The predicted molar refractivity (Wildman–Crippen MR) is 87.6 cm³/mol. The molecule has 4 heteroatoms. The van der Waals surface area contributed by atoms with Crippen molar-refractivity contribution >= 4 is 28.5 Å². The third-order valence-corrected chi connectivity index (χ3v) is 3.75. The van der Waals surface area contributed by atoms with Crippen LogP contribution in [0.3, 0.4) is 0 Å². The molecule has 0 spiro atoms. The van der Waals surface area contributed by atoms with Crippen LogP contribution in [0.25, 0.3) is 11.1 Å². The summed E-state index contributed by atoms with van der Waals surface area (Å²) in [6, 6.07) is 18.9. The topological polar surface area (TPSA) is 56.4 Å². The van der Waals surface area contributed by atoms with E-state index in [0.717, 1.165) is 16.7 Å². The van der Waals surface area contributed by atoms with Gasteiger partial charge in [-0.3, -0.25) is 0 Å². The van der Waals surface area contributed by atoms with Crippen molar-refractivity contribution in [2.45, 2.75) is 0 Å². The van der Waals surface area contributed by atoms with Crippen LogP contribution in [0.1, 0.15) is 11.1 Å². The normalized spacial score (nSPS) is 15.8. The Morgan fingerprint density at radius 3 is 2.23 bits per heavy atom. The van der Waals surface area contributed by atoms with Gasteiger partial charge in [0.25, 0.3) is 0 Å².